The molecule has 18 heavy (non-hydrogen) atoms. The molecule has 1 aromatic rings. The van der Waals surface area contributed by atoms with Gasteiger partial charge < -0.3 is 10.1 Å². The molecule has 0 radical (unpaired) electrons. The molecule has 2 heteroatoms. The molecule has 0 bridgehead atoms. The first-order chi connectivity index (χ1) is 8.56. The Labute approximate surface area is 111 Å². The van der Waals surface area contributed by atoms with Crippen LogP contribution in [0.1, 0.15) is 46.1 Å². The molecule has 0 aliphatic carbocycles. The van der Waals surface area contributed by atoms with E-state index < -0.39 is 0 Å². The van der Waals surface area contributed by atoms with Gasteiger partial charge in [0, 0.05) is 11.1 Å². The molecule has 1 aliphatic rings. The third-order valence-electron chi connectivity index (χ3n) is 3.90. The maximum Gasteiger partial charge on any atom is 0.124 e. The Balaban J connectivity index is 2.41. The SMILES string of the molecule is CC(C)Oc1ccccc1C1(C(C)C)CCCN1. The molecule has 100 valence electrons. The molecule has 1 atom stereocenters. The topological polar surface area (TPSA) is 21.3 Å². The lowest BCUT2D eigenvalue weighted by Gasteiger charge is -2.36. The summed E-state index contributed by atoms with van der Waals surface area (Å²) in [5.74, 6) is 1.60. The van der Waals surface area contributed by atoms with E-state index in [0.29, 0.717) is 5.92 Å². The maximum atomic E-state index is 5.99. The van der Waals surface area contributed by atoms with E-state index in [0.717, 1.165) is 12.3 Å². The van der Waals surface area contributed by atoms with Crippen LogP contribution in [0.4, 0.5) is 0 Å². The molecular formula is C16H25NO. The number of nitrogens with one attached hydrogen (secondary N) is 1. The van der Waals surface area contributed by atoms with Gasteiger partial charge in [-0.3, -0.25) is 0 Å². The van der Waals surface area contributed by atoms with Crippen LogP contribution in [0.3, 0.4) is 0 Å². The molecule has 0 aromatic heterocycles. The fraction of sp³-hybridized carbons (Fsp3) is 0.625. The minimum Gasteiger partial charge on any atom is -0.491 e. The lowest BCUT2D eigenvalue weighted by atomic mass is 9.78. The van der Waals surface area contributed by atoms with E-state index in [4.69, 9.17) is 4.74 Å². The average molecular weight is 247 g/mol. The van der Waals surface area contributed by atoms with Gasteiger partial charge in [0.1, 0.15) is 5.75 Å². The Bertz CT molecular complexity index is 392. The molecule has 2 rings (SSSR count). The van der Waals surface area contributed by atoms with Gasteiger partial charge in [0.05, 0.1) is 6.10 Å². The van der Waals surface area contributed by atoms with E-state index in [-0.39, 0.29) is 11.6 Å². The second kappa shape index (κ2) is 5.31. The average Bonchev–Trinajstić information content (AvgIpc) is 2.79. The summed E-state index contributed by atoms with van der Waals surface area (Å²) in [6.07, 6.45) is 2.66. The van der Waals surface area contributed by atoms with Crippen LogP contribution < -0.4 is 10.1 Å². The molecule has 1 N–H and O–H groups in total. The Morgan fingerprint density at radius 3 is 2.44 bits per heavy atom. The molecule has 0 spiro atoms. The molecule has 0 saturated carbocycles. The van der Waals surface area contributed by atoms with Crippen molar-refractivity contribution in [1.29, 1.82) is 0 Å². The molecule has 0 amide bonds. The van der Waals surface area contributed by atoms with Crippen LogP contribution in [-0.2, 0) is 5.54 Å². The highest BCUT2D eigenvalue weighted by Gasteiger charge is 2.40. The zero-order chi connectivity index (χ0) is 13.2. The predicted octanol–water partition coefficient (Wildman–Crippen LogP) is 3.71. The van der Waals surface area contributed by atoms with E-state index in [9.17, 15) is 0 Å². The zero-order valence-corrected chi connectivity index (χ0v) is 12.0. The number of hydrogen-bond acceptors (Lipinski definition) is 2. The molecule has 1 saturated heterocycles. The Hall–Kier alpha value is -1.02. The normalized spacial score (nSPS) is 23.9. The van der Waals surface area contributed by atoms with Gasteiger partial charge in [0.2, 0.25) is 0 Å². The van der Waals surface area contributed by atoms with Gasteiger partial charge >= 0.3 is 0 Å². The number of hydrogen-bond donors (Lipinski definition) is 1. The molecule has 2 nitrogen and oxygen atoms in total. The van der Waals surface area contributed by atoms with E-state index in [1.165, 1.54) is 18.4 Å². The fourth-order valence-electron chi connectivity index (χ4n) is 2.99. The number of rotatable bonds is 4. The summed E-state index contributed by atoms with van der Waals surface area (Å²) < 4.78 is 5.99. The van der Waals surface area contributed by atoms with Gasteiger partial charge in [0.15, 0.2) is 0 Å². The quantitative estimate of drug-likeness (QED) is 0.875. The van der Waals surface area contributed by atoms with Gasteiger partial charge in [-0.05, 0) is 45.2 Å². The summed E-state index contributed by atoms with van der Waals surface area (Å²) in [5.41, 5.74) is 1.41. The zero-order valence-electron chi connectivity index (χ0n) is 12.0. The van der Waals surface area contributed by atoms with Gasteiger partial charge in [0.25, 0.3) is 0 Å². The summed E-state index contributed by atoms with van der Waals surface area (Å²) >= 11 is 0. The summed E-state index contributed by atoms with van der Waals surface area (Å²) in [5, 5.41) is 3.72. The first-order valence-electron chi connectivity index (χ1n) is 7.07. The van der Waals surface area contributed by atoms with Gasteiger partial charge in [-0.2, -0.15) is 0 Å². The van der Waals surface area contributed by atoms with Crippen LogP contribution in [0.25, 0.3) is 0 Å². The highest BCUT2D eigenvalue weighted by atomic mass is 16.5. The molecule has 1 aliphatic heterocycles. The lowest BCUT2D eigenvalue weighted by molar-refractivity contribution is 0.217. The Kier molecular flexibility index (Phi) is 3.96. The van der Waals surface area contributed by atoms with Crippen LogP contribution in [0.5, 0.6) is 5.75 Å². The number of para-hydroxylation sites is 1. The van der Waals surface area contributed by atoms with Crippen molar-refractivity contribution in [2.24, 2.45) is 5.92 Å². The first-order valence-corrected chi connectivity index (χ1v) is 7.07. The number of ether oxygens (including phenoxy) is 1. The minimum absolute atomic E-state index is 0.0888. The monoisotopic (exact) mass is 247 g/mol. The van der Waals surface area contributed by atoms with E-state index >= 15 is 0 Å². The minimum atomic E-state index is 0.0888. The molecular weight excluding hydrogens is 222 g/mol. The summed E-state index contributed by atoms with van der Waals surface area (Å²) in [4.78, 5) is 0. The van der Waals surface area contributed by atoms with E-state index in [1.54, 1.807) is 0 Å². The smallest absolute Gasteiger partial charge is 0.124 e. The summed E-state index contributed by atoms with van der Waals surface area (Å²) in [6, 6.07) is 8.49. The van der Waals surface area contributed by atoms with Crippen molar-refractivity contribution < 1.29 is 4.74 Å². The predicted molar refractivity (Wildman–Crippen MR) is 76.0 cm³/mol. The molecule has 1 aromatic carbocycles. The third kappa shape index (κ3) is 2.39. The van der Waals surface area contributed by atoms with Crippen molar-refractivity contribution in [3.05, 3.63) is 29.8 Å². The maximum absolute atomic E-state index is 5.99. The second-order valence-corrected chi connectivity index (χ2v) is 5.82. The van der Waals surface area contributed by atoms with Crippen molar-refractivity contribution in [2.45, 2.75) is 52.2 Å². The van der Waals surface area contributed by atoms with Crippen LogP contribution in [-0.4, -0.2) is 12.6 Å². The van der Waals surface area contributed by atoms with Crippen molar-refractivity contribution in [3.63, 3.8) is 0 Å². The highest BCUT2D eigenvalue weighted by Crippen LogP contribution is 2.42. The van der Waals surface area contributed by atoms with E-state index in [2.05, 4.69) is 57.3 Å². The van der Waals surface area contributed by atoms with Crippen molar-refractivity contribution in [2.75, 3.05) is 6.54 Å². The van der Waals surface area contributed by atoms with Gasteiger partial charge in [-0.15, -0.1) is 0 Å². The molecule has 1 unspecified atom stereocenters. The fourth-order valence-corrected chi connectivity index (χ4v) is 2.99. The molecule has 1 heterocycles. The first kappa shape index (κ1) is 13.4. The largest absolute Gasteiger partial charge is 0.491 e. The second-order valence-electron chi connectivity index (χ2n) is 5.82. The Morgan fingerprint density at radius 1 is 1.17 bits per heavy atom. The van der Waals surface area contributed by atoms with Crippen LogP contribution >= 0.6 is 0 Å². The number of benzene rings is 1. The molecule has 1 fully saturated rings. The van der Waals surface area contributed by atoms with Crippen molar-refractivity contribution in [1.82, 2.24) is 5.32 Å². The van der Waals surface area contributed by atoms with Crippen LogP contribution in [0.2, 0.25) is 0 Å². The van der Waals surface area contributed by atoms with Crippen LogP contribution in [0, 0.1) is 5.92 Å². The third-order valence-corrected chi connectivity index (χ3v) is 3.90. The lowest BCUT2D eigenvalue weighted by Crippen LogP contribution is -2.42. The van der Waals surface area contributed by atoms with Crippen LogP contribution in [0.15, 0.2) is 24.3 Å². The Morgan fingerprint density at radius 2 is 1.89 bits per heavy atom. The van der Waals surface area contributed by atoms with Gasteiger partial charge in [-0.1, -0.05) is 32.0 Å². The van der Waals surface area contributed by atoms with E-state index in [1.807, 2.05) is 0 Å². The summed E-state index contributed by atoms with van der Waals surface area (Å²) in [7, 11) is 0. The van der Waals surface area contributed by atoms with Crippen molar-refractivity contribution >= 4 is 0 Å². The van der Waals surface area contributed by atoms with Gasteiger partial charge in [-0.25, -0.2) is 0 Å². The summed E-state index contributed by atoms with van der Waals surface area (Å²) in [6.45, 7) is 9.87. The standard InChI is InChI=1S/C16H25NO/c1-12(2)16(10-7-11-17-16)14-8-5-6-9-15(14)18-13(3)4/h5-6,8-9,12-13,17H,7,10-11H2,1-4H3. The highest BCUT2D eigenvalue weighted by molar-refractivity contribution is 5.40. The van der Waals surface area contributed by atoms with Crippen molar-refractivity contribution in [3.8, 4) is 5.75 Å².